The zero-order valence-electron chi connectivity index (χ0n) is 14.7. The molecule has 0 aliphatic heterocycles. The first kappa shape index (κ1) is 20.2. The summed E-state index contributed by atoms with van der Waals surface area (Å²) in [6.45, 7) is 4.40. The highest BCUT2D eigenvalue weighted by Crippen LogP contribution is 2.22. The number of ether oxygens (including phenoxy) is 1. The average molecular weight is 391 g/mol. The van der Waals surface area contributed by atoms with Crippen LogP contribution in [-0.4, -0.2) is 22.5 Å². The van der Waals surface area contributed by atoms with Crippen LogP contribution in [0.2, 0.25) is 0 Å². The number of nitro benzene ring substituents is 1. The van der Waals surface area contributed by atoms with Gasteiger partial charge in [0, 0.05) is 12.1 Å². The lowest BCUT2D eigenvalue weighted by atomic mass is 10.2. The Labute approximate surface area is 160 Å². The lowest BCUT2D eigenvalue weighted by Gasteiger charge is -2.14. The van der Waals surface area contributed by atoms with Gasteiger partial charge in [-0.25, -0.2) is 4.39 Å². The highest BCUT2D eigenvalue weighted by molar-refractivity contribution is 7.80. The first-order chi connectivity index (χ1) is 12.8. The van der Waals surface area contributed by atoms with Crippen LogP contribution in [-0.2, 0) is 0 Å². The SMILES string of the molecule is CC(C)COc1ccccc1C(=O)NC(=S)Nc1cc([N+](=O)[O-])ccc1F. The van der Waals surface area contributed by atoms with Crippen molar-refractivity contribution in [2.75, 3.05) is 11.9 Å². The summed E-state index contributed by atoms with van der Waals surface area (Å²) in [5.74, 6) is -0.607. The lowest BCUT2D eigenvalue weighted by Crippen LogP contribution is -2.34. The molecule has 142 valence electrons. The summed E-state index contributed by atoms with van der Waals surface area (Å²) in [6.07, 6.45) is 0. The van der Waals surface area contributed by atoms with Crippen LogP contribution in [0.15, 0.2) is 42.5 Å². The number of halogens is 1. The van der Waals surface area contributed by atoms with Gasteiger partial charge in [-0.15, -0.1) is 0 Å². The van der Waals surface area contributed by atoms with Gasteiger partial charge >= 0.3 is 0 Å². The molecule has 0 bridgehead atoms. The Hall–Kier alpha value is -3.07. The molecule has 0 saturated carbocycles. The minimum atomic E-state index is -0.738. The molecule has 0 saturated heterocycles. The largest absolute Gasteiger partial charge is 0.492 e. The zero-order valence-corrected chi connectivity index (χ0v) is 15.5. The highest BCUT2D eigenvalue weighted by Gasteiger charge is 2.16. The van der Waals surface area contributed by atoms with Gasteiger partial charge in [-0.05, 0) is 36.3 Å². The Kier molecular flexibility index (Phi) is 6.78. The maximum absolute atomic E-state index is 13.8. The Balaban J connectivity index is 2.10. The Morgan fingerprint density at radius 3 is 2.67 bits per heavy atom. The topological polar surface area (TPSA) is 93.5 Å². The molecule has 9 heteroatoms. The van der Waals surface area contributed by atoms with E-state index in [-0.39, 0.29) is 28.0 Å². The quantitative estimate of drug-likeness (QED) is 0.441. The van der Waals surface area contributed by atoms with Crippen molar-refractivity contribution in [3.63, 3.8) is 0 Å². The molecule has 1 amide bonds. The number of hydrogen-bond acceptors (Lipinski definition) is 5. The van der Waals surface area contributed by atoms with Gasteiger partial charge in [0.15, 0.2) is 5.11 Å². The van der Waals surface area contributed by atoms with Crippen LogP contribution in [0.1, 0.15) is 24.2 Å². The highest BCUT2D eigenvalue weighted by atomic mass is 32.1. The van der Waals surface area contributed by atoms with E-state index >= 15 is 0 Å². The fourth-order valence-electron chi connectivity index (χ4n) is 2.08. The van der Waals surface area contributed by atoms with E-state index in [1.54, 1.807) is 24.3 Å². The number of non-ortho nitro benzene ring substituents is 1. The second-order valence-corrected chi connectivity index (χ2v) is 6.44. The van der Waals surface area contributed by atoms with Gasteiger partial charge < -0.3 is 10.1 Å². The van der Waals surface area contributed by atoms with Gasteiger partial charge in [0.05, 0.1) is 22.8 Å². The van der Waals surface area contributed by atoms with Crippen molar-refractivity contribution in [1.29, 1.82) is 0 Å². The van der Waals surface area contributed by atoms with Crippen LogP contribution in [0.25, 0.3) is 0 Å². The molecule has 7 nitrogen and oxygen atoms in total. The van der Waals surface area contributed by atoms with E-state index in [1.165, 1.54) is 0 Å². The van der Waals surface area contributed by atoms with Crippen molar-refractivity contribution < 1.29 is 18.8 Å². The second-order valence-electron chi connectivity index (χ2n) is 6.03. The monoisotopic (exact) mass is 391 g/mol. The van der Waals surface area contributed by atoms with Crippen LogP contribution in [0.4, 0.5) is 15.8 Å². The Bertz CT molecular complexity index is 873. The van der Waals surface area contributed by atoms with Gasteiger partial charge in [-0.2, -0.15) is 0 Å². The summed E-state index contributed by atoms with van der Waals surface area (Å²) in [5.41, 5.74) is -0.249. The second kappa shape index (κ2) is 9.04. The number of nitro groups is 1. The molecule has 0 spiro atoms. The molecule has 0 aliphatic rings. The minimum Gasteiger partial charge on any atom is -0.492 e. The molecule has 2 aromatic rings. The van der Waals surface area contributed by atoms with Crippen LogP contribution in [0.3, 0.4) is 0 Å². The van der Waals surface area contributed by atoms with E-state index in [0.29, 0.717) is 12.4 Å². The van der Waals surface area contributed by atoms with Crippen molar-refractivity contribution in [3.8, 4) is 5.75 Å². The van der Waals surface area contributed by atoms with Gasteiger partial charge in [-0.3, -0.25) is 20.2 Å². The Morgan fingerprint density at radius 1 is 1.30 bits per heavy atom. The third-order valence-electron chi connectivity index (χ3n) is 3.34. The maximum Gasteiger partial charge on any atom is 0.271 e. The molecule has 2 aromatic carbocycles. The van der Waals surface area contributed by atoms with Gasteiger partial charge in [-0.1, -0.05) is 26.0 Å². The minimum absolute atomic E-state index is 0.196. The number of nitrogens with one attached hydrogen (secondary N) is 2. The van der Waals surface area contributed by atoms with Gasteiger partial charge in [0.2, 0.25) is 0 Å². The van der Waals surface area contributed by atoms with Gasteiger partial charge in [0.25, 0.3) is 11.6 Å². The van der Waals surface area contributed by atoms with Gasteiger partial charge in [0.1, 0.15) is 11.6 Å². The van der Waals surface area contributed by atoms with E-state index in [9.17, 15) is 19.3 Å². The molecule has 0 aromatic heterocycles. The summed E-state index contributed by atoms with van der Waals surface area (Å²) < 4.78 is 19.4. The number of carbonyl (C=O) groups excluding carboxylic acids is 1. The van der Waals surface area contributed by atoms with E-state index in [1.807, 2.05) is 13.8 Å². The molecule has 0 unspecified atom stereocenters. The van der Waals surface area contributed by atoms with Crippen molar-refractivity contribution in [1.82, 2.24) is 5.32 Å². The maximum atomic E-state index is 13.8. The van der Waals surface area contributed by atoms with Crippen LogP contribution >= 0.6 is 12.2 Å². The first-order valence-electron chi connectivity index (χ1n) is 8.06. The predicted octanol–water partition coefficient (Wildman–Crippen LogP) is 3.90. The number of nitrogens with zero attached hydrogens (tertiary/aromatic N) is 1. The molecule has 0 fully saturated rings. The standard InChI is InChI=1S/C18H18FN3O4S/c1-11(2)10-26-16-6-4-3-5-13(16)17(23)21-18(27)20-15-9-12(22(24)25)7-8-14(15)19/h3-9,11H,10H2,1-2H3,(H2,20,21,23,27). The van der Waals surface area contributed by atoms with E-state index in [0.717, 1.165) is 18.2 Å². The molecule has 2 rings (SSSR count). The summed E-state index contributed by atoms with van der Waals surface area (Å²) in [4.78, 5) is 22.6. The molecule has 0 radical (unpaired) electrons. The molecule has 0 atom stereocenters. The number of amides is 1. The van der Waals surface area contributed by atoms with E-state index in [4.69, 9.17) is 17.0 Å². The third kappa shape index (κ3) is 5.71. The van der Waals surface area contributed by atoms with Crippen molar-refractivity contribution in [2.45, 2.75) is 13.8 Å². The van der Waals surface area contributed by atoms with Crippen molar-refractivity contribution in [2.24, 2.45) is 5.92 Å². The van der Waals surface area contributed by atoms with Crippen LogP contribution in [0, 0.1) is 21.8 Å². The molecule has 0 aliphatic carbocycles. The van der Waals surface area contributed by atoms with Crippen molar-refractivity contribution >= 4 is 34.6 Å². The number of anilines is 1. The van der Waals surface area contributed by atoms with Crippen LogP contribution < -0.4 is 15.4 Å². The number of hydrogen-bond donors (Lipinski definition) is 2. The van der Waals surface area contributed by atoms with E-state index in [2.05, 4.69) is 10.6 Å². The van der Waals surface area contributed by atoms with Crippen LogP contribution in [0.5, 0.6) is 5.75 Å². The third-order valence-corrected chi connectivity index (χ3v) is 3.54. The summed E-state index contributed by atoms with van der Waals surface area (Å²) >= 11 is 5.01. The average Bonchev–Trinajstić information content (AvgIpc) is 2.61. The summed E-state index contributed by atoms with van der Waals surface area (Å²) in [7, 11) is 0. The number of para-hydroxylation sites is 1. The summed E-state index contributed by atoms with van der Waals surface area (Å²) in [6, 6.07) is 9.61. The number of rotatable bonds is 6. The first-order valence-corrected chi connectivity index (χ1v) is 8.47. The number of thiocarbonyl (C=S) groups is 1. The smallest absolute Gasteiger partial charge is 0.271 e. The predicted molar refractivity (Wildman–Crippen MR) is 104 cm³/mol. The molecule has 27 heavy (non-hydrogen) atoms. The molecule has 0 heterocycles. The summed E-state index contributed by atoms with van der Waals surface area (Å²) in [5, 5.41) is 15.5. The lowest BCUT2D eigenvalue weighted by molar-refractivity contribution is -0.384. The number of carbonyl (C=O) groups is 1. The fourth-order valence-corrected chi connectivity index (χ4v) is 2.29. The van der Waals surface area contributed by atoms with E-state index < -0.39 is 16.6 Å². The Morgan fingerprint density at radius 2 is 2.00 bits per heavy atom. The van der Waals surface area contributed by atoms with Crippen molar-refractivity contribution in [3.05, 3.63) is 64.0 Å². The molecular formula is C18H18FN3O4S. The normalized spacial score (nSPS) is 10.4. The fraction of sp³-hybridized carbons (Fsp3) is 0.222. The number of benzene rings is 2. The molecule has 2 N–H and O–H groups in total. The molecular weight excluding hydrogens is 373 g/mol. The zero-order chi connectivity index (χ0) is 20.0.